The van der Waals surface area contributed by atoms with Crippen molar-refractivity contribution in [2.75, 3.05) is 0 Å². The van der Waals surface area contributed by atoms with Gasteiger partial charge in [0.1, 0.15) is 5.56 Å². The maximum absolute atomic E-state index is 11.5. The van der Waals surface area contributed by atoms with E-state index in [2.05, 4.69) is 4.98 Å². The number of rotatable bonds is 2. The number of aromatic nitrogens is 1. The molecule has 5 heteroatoms. The summed E-state index contributed by atoms with van der Waals surface area (Å²) < 4.78 is 0. The summed E-state index contributed by atoms with van der Waals surface area (Å²) in [4.78, 5) is 25.7. The first-order valence-electron chi connectivity index (χ1n) is 4.60. The van der Waals surface area contributed by atoms with Gasteiger partial charge >= 0.3 is 5.97 Å². The smallest absolute Gasteiger partial charge is 0.341 e. The maximum Gasteiger partial charge on any atom is 0.341 e. The van der Waals surface area contributed by atoms with Crippen molar-refractivity contribution in [3.05, 3.63) is 45.1 Å². The third-order valence-electron chi connectivity index (χ3n) is 2.25. The van der Waals surface area contributed by atoms with Crippen LogP contribution in [0.4, 0.5) is 0 Å². The van der Waals surface area contributed by atoms with Crippen LogP contribution in [-0.2, 0) is 0 Å². The lowest BCUT2D eigenvalue weighted by Crippen LogP contribution is -2.17. The Hall–Kier alpha value is -1.88. The molecule has 0 atom stereocenters. The van der Waals surface area contributed by atoms with Crippen molar-refractivity contribution in [3.63, 3.8) is 0 Å². The second-order valence-electron chi connectivity index (χ2n) is 3.35. The summed E-state index contributed by atoms with van der Waals surface area (Å²) in [6, 6.07) is 4.89. The van der Waals surface area contributed by atoms with E-state index in [0.717, 1.165) is 10.4 Å². The van der Waals surface area contributed by atoms with E-state index in [9.17, 15) is 9.59 Å². The molecule has 0 aliphatic rings. The summed E-state index contributed by atoms with van der Waals surface area (Å²) in [6.45, 7) is 1.94. The topological polar surface area (TPSA) is 70.2 Å². The summed E-state index contributed by atoms with van der Waals surface area (Å²) in [5.74, 6) is -1.21. The molecule has 2 heterocycles. The zero-order valence-corrected chi connectivity index (χ0v) is 9.30. The molecule has 82 valence electrons. The summed E-state index contributed by atoms with van der Waals surface area (Å²) in [5, 5.41) is 10.6. The molecule has 0 radical (unpaired) electrons. The van der Waals surface area contributed by atoms with Gasteiger partial charge in [0.15, 0.2) is 0 Å². The highest BCUT2D eigenvalue weighted by molar-refractivity contribution is 7.13. The number of carbonyl (C=O) groups is 1. The number of aryl methyl sites for hydroxylation is 1. The molecule has 0 fully saturated rings. The largest absolute Gasteiger partial charge is 0.477 e. The van der Waals surface area contributed by atoms with E-state index in [4.69, 9.17) is 5.11 Å². The summed E-state index contributed by atoms with van der Waals surface area (Å²) in [6.07, 6.45) is 0. The Morgan fingerprint density at radius 1 is 1.38 bits per heavy atom. The van der Waals surface area contributed by atoms with Gasteiger partial charge < -0.3 is 10.1 Å². The third-order valence-corrected chi connectivity index (χ3v) is 3.30. The van der Waals surface area contributed by atoms with Gasteiger partial charge in [-0.2, -0.15) is 0 Å². The van der Waals surface area contributed by atoms with Crippen LogP contribution >= 0.6 is 11.3 Å². The van der Waals surface area contributed by atoms with E-state index in [-0.39, 0.29) is 5.56 Å². The van der Waals surface area contributed by atoms with E-state index in [1.807, 2.05) is 18.4 Å². The first-order valence-corrected chi connectivity index (χ1v) is 5.48. The van der Waals surface area contributed by atoms with Gasteiger partial charge in [0.05, 0.1) is 10.6 Å². The average Bonchev–Trinajstić information content (AvgIpc) is 2.63. The Balaban J connectivity index is 2.55. The van der Waals surface area contributed by atoms with E-state index in [1.54, 1.807) is 6.07 Å². The van der Waals surface area contributed by atoms with Crippen molar-refractivity contribution >= 4 is 17.3 Å². The molecule has 2 N–H and O–H groups in total. The molecule has 0 saturated carbocycles. The fraction of sp³-hybridized carbons (Fsp3) is 0.0909. The Morgan fingerprint density at radius 2 is 2.12 bits per heavy atom. The average molecular weight is 235 g/mol. The first-order chi connectivity index (χ1) is 7.59. The highest BCUT2D eigenvalue weighted by Gasteiger charge is 2.10. The van der Waals surface area contributed by atoms with Crippen LogP contribution in [0.15, 0.2) is 28.4 Å². The van der Waals surface area contributed by atoms with Gasteiger partial charge in [0, 0.05) is 0 Å². The monoisotopic (exact) mass is 235 g/mol. The Kier molecular flexibility index (Phi) is 2.62. The number of H-pyrrole nitrogens is 1. The Bertz CT molecular complexity index is 597. The van der Waals surface area contributed by atoms with Crippen LogP contribution in [0.3, 0.4) is 0 Å². The van der Waals surface area contributed by atoms with Crippen LogP contribution in [0.5, 0.6) is 0 Å². The van der Waals surface area contributed by atoms with Gasteiger partial charge in [-0.3, -0.25) is 4.79 Å². The van der Waals surface area contributed by atoms with E-state index >= 15 is 0 Å². The minimum atomic E-state index is -1.21. The Morgan fingerprint density at radius 3 is 2.62 bits per heavy atom. The standard InChI is InChI=1S/C11H9NO3S/c1-6-4-5-16-9(6)8-3-2-7(11(14)15)10(13)12-8/h2-5H,1H3,(H,12,13)(H,14,15). The summed E-state index contributed by atoms with van der Waals surface area (Å²) in [7, 11) is 0. The predicted molar refractivity (Wildman–Crippen MR) is 62.1 cm³/mol. The normalized spacial score (nSPS) is 10.3. The van der Waals surface area contributed by atoms with Crippen molar-refractivity contribution < 1.29 is 9.90 Å². The second kappa shape index (κ2) is 3.94. The first kappa shape index (κ1) is 10.6. The van der Waals surface area contributed by atoms with Crippen LogP contribution in [0.25, 0.3) is 10.6 Å². The number of carboxylic acid groups (broad SMARTS) is 1. The number of hydrogen-bond donors (Lipinski definition) is 2. The van der Waals surface area contributed by atoms with Crippen molar-refractivity contribution in [1.82, 2.24) is 4.98 Å². The number of thiophene rings is 1. The highest BCUT2D eigenvalue weighted by atomic mass is 32.1. The van der Waals surface area contributed by atoms with Crippen LogP contribution in [0, 0.1) is 6.92 Å². The molecule has 0 aliphatic heterocycles. The molecule has 0 aliphatic carbocycles. The number of carboxylic acids is 1. The molecule has 0 bridgehead atoms. The van der Waals surface area contributed by atoms with Gasteiger partial charge in [0.2, 0.25) is 0 Å². The van der Waals surface area contributed by atoms with E-state index in [1.165, 1.54) is 17.4 Å². The van der Waals surface area contributed by atoms with Gasteiger partial charge in [-0.15, -0.1) is 11.3 Å². The lowest BCUT2D eigenvalue weighted by atomic mass is 10.2. The van der Waals surface area contributed by atoms with Crippen LogP contribution in [-0.4, -0.2) is 16.1 Å². The molecule has 2 aromatic heterocycles. The van der Waals surface area contributed by atoms with Crippen molar-refractivity contribution in [1.29, 1.82) is 0 Å². The lowest BCUT2D eigenvalue weighted by molar-refractivity contribution is 0.0695. The molecule has 0 amide bonds. The van der Waals surface area contributed by atoms with Gasteiger partial charge in [-0.1, -0.05) is 0 Å². The SMILES string of the molecule is Cc1ccsc1-c1ccc(C(=O)O)c(=O)[nH]1. The third kappa shape index (κ3) is 1.77. The Labute approximate surface area is 95.2 Å². The molecule has 0 aromatic carbocycles. The molecule has 2 aromatic rings. The zero-order chi connectivity index (χ0) is 11.7. The number of hydrogen-bond acceptors (Lipinski definition) is 3. The molecule has 16 heavy (non-hydrogen) atoms. The van der Waals surface area contributed by atoms with Gasteiger partial charge in [-0.25, -0.2) is 4.79 Å². The quantitative estimate of drug-likeness (QED) is 0.837. The zero-order valence-electron chi connectivity index (χ0n) is 8.48. The summed E-state index contributed by atoms with van der Waals surface area (Å²) in [5.41, 5.74) is 0.905. The molecule has 4 nitrogen and oxygen atoms in total. The molecule has 2 rings (SSSR count). The molecule has 0 saturated heterocycles. The summed E-state index contributed by atoms with van der Waals surface area (Å²) >= 11 is 1.51. The number of aromatic carboxylic acids is 1. The number of pyridine rings is 1. The van der Waals surface area contributed by atoms with Crippen LogP contribution in [0.1, 0.15) is 15.9 Å². The molecule has 0 unspecified atom stereocenters. The fourth-order valence-electron chi connectivity index (χ4n) is 1.42. The van der Waals surface area contributed by atoms with Crippen molar-refractivity contribution in [2.24, 2.45) is 0 Å². The minimum Gasteiger partial charge on any atom is -0.477 e. The van der Waals surface area contributed by atoms with Crippen molar-refractivity contribution in [2.45, 2.75) is 6.92 Å². The molecule has 0 spiro atoms. The number of aromatic amines is 1. The highest BCUT2D eigenvalue weighted by Crippen LogP contribution is 2.26. The van der Waals surface area contributed by atoms with E-state index < -0.39 is 11.5 Å². The molecular formula is C11H9NO3S. The predicted octanol–water partition coefficient (Wildman–Crippen LogP) is 2.11. The maximum atomic E-state index is 11.5. The number of nitrogens with one attached hydrogen (secondary N) is 1. The van der Waals surface area contributed by atoms with Crippen LogP contribution in [0.2, 0.25) is 0 Å². The fourth-order valence-corrected chi connectivity index (χ4v) is 2.33. The van der Waals surface area contributed by atoms with Crippen molar-refractivity contribution in [3.8, 4) is 10.6 Å². The van der Waals surface area contributed by atoms with Gasteiger partial charge in [0.25, 0.3) is 5.56 Å². The second-order valence-corrected chi connectivity index (χ2v) is 4.27. The molecular weight excluding hydrogens is 226 g/mol. The van der Waals surface area contributed by atoms with Gasteiger partial charge in [-0.05, 0) is 36.1 Å². The van der Waals surface area contributed by atoms with Crippen LogP contribution < -0.4 is 5.56 Å². The lowest BCUT2D eigenvalue weighted by Gasteiger charge is -2.00. The minimum absolute atomic E-state index is 0.238. The van der Waals surface area contributed by atoms with E-state index in [0.29, 0.717) is 5.69 Å².